The van der Waals surface area contributed by atoms with E-state index in [9.17, 15) is 0 Å². The third-order valence-electron chi connectivity index (χ3n) is 3.57. The SMILES string of the molecule is CCC1(C)CN(Cc2cccnn2)CCCN1. The molecule has 0 saturated carbocycles. The van der Waals surface area contributed by atoms with Crippen molar-refractivity contribution in [2.24, 2.45) is 0 Å². The van der Waals surface area contributed by atoms with Crippen LogP contribution in [0.5, 0.6) is 0 Å². The van der Waals surface area contributed by atoms with E-state index in [0.29, 0.717) is 0 Å². The minimum atomic E-state index is 0.235. The standard InChI is InChI=1S/C13H22N4/c1-3-13(2)11-17(9-5-7-14-13)10-12-6-4-8-15-16-12/h4,6,8,14H,3,5,7,9-11H2,1-2H3. The number of nitrogens with one attached hydrogen (secondary N) is 1. The molecule has 1 N–H and O–H groups in total. The fourth-order valence-corrected chi connectivity index (χ4v) is 2.34. The lowest BCUT2D eigenvalue weighted by molar-refractivity contribution is 0.206. The highest BCUT2D eigenvalue weighted by molar-refractivity contribution is 5.00. The quantitative estimate of drug-likeness (QED) is 0.859. The molecule has 0 bridgehead atoms. The van der Waals surface area contributed by atoms with Crippen molar-refractivity contribution in [2.75, 3.05) is 19.6 Å². The number of rotatable bonds is 3. The third-order valence-corrected chi connectivity index (χ3v) is 3.57. The highest BCUT2D eigenvalue weighted by atomic mass is 15.2. The maximum atomic E-state index is 4.16. The average molecular weight is 234 g/mol. The molecule has 1 aromatic heterocycles. The van der Waals surface area contributed by atoms with Gasteiger partial charge in [0, 0.05) is 24.8 Å². The van der Waals surface area contributed by atoms with Gasteiger partial charge in [-0.1, -0.05) is 6.92 Å². The van der Waals surface area contributed by atoms with Gasteiger partial charge >= 0.3 is 0 Å². The van der Waals surface area contributed by atoms with E-state index >= 15 is 0 Å². The second kappa shape index (κ2) is 5.56. The molecule has 0 aliphatic carbocycles. The first kappa shape index (κ1) is 12.5. The van der Waals surface area contributed by atoms with Gasteiger partial charge in [-0.25, -0.2) is 0 Å². The molecular formula is C13H22N4. The molecule has 0 aromatic carbocycles. The van der Waals surface area contributed by atoms with Crippen molar-refractivity contribution in [3.63, 3.8) is 0 Å². The lowest BCUT2D eigenvalue weighted by atomic mass is 9.98. The number of hydrogen-bond donors (Lipinski definition) is 1. The smallest absolute Gasteiger partial charge is 0.0771 e. The molecule has 1 aromatic rings. The van der Waals surface area contributed by atoms with Crippen molar-refractivity contribution >= 4 is 0 Å². The van der Waals surface area contributed by atoms with Crippen LogP contribution in [-0.2, 0) is 6.54 Å². The molecule has 4 heteroatoms. The summed E-state index contributed by atoms with van der Waals surface area (Å²) in [5.41, 5.74) is 1.30. The summed E-state index contributed by atoms with van der Waals surface area (Å²) in [5, 5.41) is 11.7. The summed E-state index contributed by atoms with van der Waals surface area (Å²) in [6.07, 6.45) is 4.09. The van der Waals surface area contributed by atoms with Crippen LogP contribution in [0, 0.1) is 0 Å². The normalized spacial score (nSPS) is 26.7. The summed E-state index contributed by atoms with van der Waals surface area (Å²) < 4.78 is 0. The van der Waals surface area contributed by atoms with Crippen LogP contribution in [0.15, 0.2) is 18.3 Å². The van der Waals surface area contributed by atoms with Crippen molar-refractivity contribution in [3.8, 4) is 0 Å². The van der Waals surface area contributed by atoms with E-state index in [1.54, 1.807) is 6.20 Å². The molecule has 1 aliphatic heterocycles. The Labute approximate surface area is 103 Å². The predicted octanol–water partition coefficient (Wildman–Crippen LogP) is 1.44. The number of nitrogens with zero attached hydrogens (tertiary/aromatic N) is 3. The van der Waals surface area contributed by atoms with Crippen LogP contribution >= 0.6 is 0 Å². The molecule has 0 radical (unpaired) electrons. The molecule has 0 amide bonds. The van der Waals surface area contributed by atoms with Crippen LogP contribution in [0.2, 0.25) is 0 Å². The second-order valence-electron chi connectivity index (χ2n) is 5.12. The molecule has 0 spiro atoms. The molecule has 94 valence electrons. The third kappa shape index (κ3) is 3.48. The number of aromatic nitrogens is 2. The van der Waals surface area contributed by atoms with Gasteiger partial charge in [0.15, 0.2) is 0 Å². The van der Waals surface area contributed by atoms with Gasteiger partial charge in [0.2, 0.25) is 0 Å². The van der Waals surface area contributed by atoms with E-state index in [1.165, 1.54) is 6.42 Å². The van der Waals surface area contributed by atoms with E-state index in [-0.39, 0.29) is 5.54 Å². The Morgan fingerprint density at radius 2 is 2.41 bits per heavy atom. The van der Waals surface area contributed by atoms with Crippen molar-refractivity contribution in [3.05, 3.63) is 24.0 Å². The second-order valence-corrected chi connectivity index (χ2v) is 5.12. The summed E-state index contributed by atoms with van der Waals surface area (Å²) in [5.74, 6) is 0. The Bertz CT molecular complexity index is 341. The molecule has 1 saturated heterocycles. The van der Waals surface area contributed by atoms with Crippen molar-refractivity contribution in [1.29, 1.82) is 0 Å². The Balaban J connectivity index is 2.00. The Hall–Kier alpha value is -1.00. The van der Waals surface area contributed by atoms with Gasteiger partial charge in [-0.05, 0) is 45.0 Å². The highest BCUT2D eigenvalue weighted by Crippen LogP contribution is 2.16. The lowest BCUT2D eigenvalue weighted by Gasteiger charge is -2.32. The van der Waals surface area contributed by atoms with Gasteiger partial charge in [-0.3, -0.25) is 4.90 Å². The minimum absolute atomic E-state index is 0.235. The average Bonchev–Trinajstić information content (AvgIpc) is 2.53. The Morgan fingerprint density at radius 3 is 3.12 bits per heavy atom. The Morgan fingerprint density at radius 1 is 1.53 bits per heavy atom. The zero-order valence-corrected chi connectivity index (χ0v) is 10.8. The molecular weight excluding hydrogens is 212 g/mol. The predicted molar refractivity (Wildman–Crippen MR) is 68.6 cm³/mol. The minimum Gasteiger partial charge on any atom is -0.310 e. The molecule has 4 nitrogen and oxygen atoms in total. The first-order valence-corrected chi connectivity index (χ1v) is 6.46. The molecule has 2 rings (SSSR count). The van der Waals surface area contributed by atoms with Crippen LogP contribution in [0.3, 0.4) is 0 Å². The van der Waals surface area contributed by atoms with Crippen LogP contribution in [0.4, 0.5) is 0 Å². The van der Waals surface area contributed by atoms with Gasteiger partial charge in [-0.15, -0.1) is 0 Å². The van der Waals surface area contributed by atoms with E-state index in [4.69, 9.17) is 0 Å². The van der Waals surface area contributed by atoms with Crippen LogP contribution in [0.25, 0.3) is 0 Å². The van der Waals surface area contributed by atoms with E-state index < -0.39 is 0 Å². The highest BCUT2D eigenvalue weighted by Gasteiger charge is 2.27. The summed E-state index contributed by atoms with van der Waals surface area (Å²) in [7, 11) is 0. The monoisotopic (exact) mass is 234 g/mol. The van der Waals surface area contributed by atoms with Crippen LogP contribution < -0.4 is 5.32 Å². The summed E-state index contributed by atoms with van der Waals surface area (Å²) in [6.45, 7) is 8.80. The van der Waals surface area contributed by atoms with Gasteiger partial charge in [0.1, 0.15) is 0 Å². The summed E-state index contributed by atoms with van der Waals surface area (Å²) in [6, 6.07) is 4.01. The molecule has 1 atom stereocenters. The number of hydrogen-bond acceptors (Lipinski definition) is 4. The van der Waals surface area contributed by atoms with Gasteiger partial charge < -0.3 is 5.32 Å². The summed E-state index contributed by atoms with van der Waals surface area (Å²) in [4.78, 5) is 2.48. The van der Waals surface area contributed by atoms with E-state index in [0.717, 1.165) is 38.3 Å². The van der Waals surface area contributed by atoms with Gasteiger partial charge in [0.05, 0.1) is 5.69 Å². The largest absolute Gasteiger partial charge is 0.310 e. The molecule has 1 fully saturated rings. The zero-order valence-electron chi connectivity index (χ0n) is 10.8. The first-order chi connectivity index (χ1) is 8.22. The van der Waals surface area contributed by atoms with E-state index in [1.807, 2.05) is 6.07 Å². The topological polar surface area (TPSA) is 41.1 Å². The van der Waals surface area contributed by atoms with Gasteiger partial charge in [0.25, 0.3) is 0 Å². The molecule has 2 heterocycles. The zero-order chi connectivity index (χ0) is 12.1. The van der Waals surface area contributed by atoms with Gasteiger partial charge in [-0.2, -0.15) is 10.2 Å². The summed E-state index contributed by atoms with van der Waals surface area (Å²) >= 11 is 0. The fourth-order valence-electron chi connectivity index (χ4n) is 2.34. The maximum absolute atomic E-state index is 4.16. The van der Waals surface area contributed by atoms with Crippen molar-refractivity contribution < 1.29 is 0 Å². The van der Waals surface area contributed by atoms with Crippen molar-refractivity contribution in [1.82, 2.24) is 20.4 Å². The van der Waals surface area contributed by atoms with Crippen molar-refractivity contribution in [2.45, 2.75) is 38.8 Å². The fraction of sp³-hybridized carbons (Fsp3) is 0.692. The molecule has 1 unspecified atom stereocenters. The molecule has 17 heavy (non-hydrogen) atoms. The molecule has 1 aliphatic rings. The first-order valence-electron chi connectivity index (χ1n) is 6.46. The van der Waals surface area contributed by atoms with E-state index in [2.05, 4.69) is 40.3 Å². The van der Waals surface area contributed by atoms with Crippen LogP contribution in [-0.4, -0.2) is 40.3 Å². The maximum Gasteiger partial charge on any atom is 0.0771 e. The van der Waals surface area contributed by atoms with Crippen LogP contribution in [0.1, 0.15) is 32.4 Å². The Kier molecular flexibility index (Phi) is 4.07. The lowest BCUT2D eigenvalue weighted by Crippen LogP contribution is -2.48.